The van der Waals surface area contributed by atoms with E-state index < -0.39 is 17.5 Å². The molecule has 7 rings (SSSR count). The van der Waals surface area contributed by atoms with E-state index in [4.69, 9.17) is 37.0 Å². The predicted molar refractivity (Wildman–Crippen MR) is 184 cm³/mol. The lowest BCUT2D eigenvalue weighted by Gasteiger charge is -2.34. The van der Waals surface area contributed by atoms with Crippen molar-refractivity contribution in [3.63, 3.8) is 0 Å². The van der Waals surface area contributed by atoms with Crippen LogP contribution < -0.4 is 15.4 Å². The number of nitrogens with two attached hydrogens (primary N) is 1. The van der Waals surface area contributed by atoms with Gasteiger partial charge in [-0.15, -0.1) is 11.3 Å². The first-order valence-corrected chi connectivity index (χ1v) is 17.2. The Kier molecular flexibility index (Phi) is 8.38. The number of rotatable bonds is 8. The molecule has 48 heavy (non-hydrogen) atoms. The van der Waals surface area contributed by atoms with Crippen LogP contribution >= 0.6 is 22.9 Å². The molecule has 0 radical (unpaired) electrons. The number of amides is 1. The standard InChI is InChI=1S/C34H35ClF2N8O2S/c1-4-23-24(9-12-45(23)25(46)5-2)43(3)32-21-15-40-28(19-7-8-22(37)30-26(19)20(14-38)31(39)48-30)27(35)29(21)41-33(42-32)47-17-34-10-6-11-44(34)16-18(36)13-34/h5,7-8,15,18,23-24H,2,4,6,9-13,16-17,39H2,1,3H3. The van der Waals surface area contributed by atoms with E-state index in [0.717, 1.165) is 37.1 Å². The maximum absolute atomic E-state index is 14.9. The second kappa shape index (κ2) is 12.4. The molecular weight excluding hydrogens is 658 g/mol. The third-order valence-electron chi connectivity index (χ3n) is 10.3. The summed E-state index contributed by atoms with van der Waals surface area (Å²) in [5.74, 6) is -0.104. The van der Waals surface area contributed by atoms with Crippen LogP contribution in [0.5, 0.6) is 6.01 Å². The van der Waals surface area contributed by atoms with Gasteiger partial charge in [0, 0.05) is 43.7 Å². The number of alkyl halides is 1. The van der Waals surface area contributed by atoms with Crippen LogP contribution in [0.4, 0.5) is 19.6 Å². The molecule has 0 saturated carbocycles. The molecule has 3 aliphatic heterocycles. The van der Waals surface area contributed by atoms with E-state index in [1.165, 1.54) is 18.2 Å². The second-order valence-corrected chi connectivity index (χ2v) is 14.2. The first-order chi connectivity index (χ1) is 23.1. The highest BCUT2D eigenvalue weighted by Gasteiger charge is 2.49. The summed E-state index contributed by atoms with van der Waals surface area (Å²) in [5.41, 5.74) is 6.94. The number of halogens is 3. The number of nitrogen functional groups attached to an aromatic ring is 1. The molecule has 3 aromatic heterocycles. The van der Waals surface area contributed by atoms with Crippen LogP contribution in [0.25, 0.3) is 32.2 Å². The number of nitrogens with zero attached hydrogens (tertiary/aromatic N) is 7. The van der Waals surface area contributed by atoms with Crippen LogP contribution in [0.3, 0.4) is 0 Å². The number of thiophene rings is 1. The molecule has 3 fully saturated rings. The third-order valence-corrected chi connectivity index (χ3v) is 11.7. The van der Waals surface area contributed by atoms with Gasteiger partial charge in [0.25, 0.3) is 0 Å². The Labute approximate surface area is 285 Å². The lowest BCUT2D eigenvalue weighted by Crippen LogP contribution is -2.45. The molecule has 10 nitrogen and oxygen atoms in total. The third kappa shape index (κ3) is 5.12. The SMILES string of the molecule is C=CC(=O)N1CCC(N(C)c2nc(OCC34CCCN3CC(F)C4)nc3c(Cl)c(-c4ccc(F)c5sc(N)c(C#N)c45)ncc23)C1CC. The van der Waals surface area contributed by atoms with Crippen molar-refractivity contribution in [3.8, 4) is 23.3 Å². The van der Waals surface area contributed by atoms with Crippen LogP contribution in [0.1, 0.15) is 44.6 Å². The van der Waals surface area contributed by atoms with Crippen molar-refractivity contribution in [1.82, 2.24) is 24.8 Å². The molecule has 4 unspecified atom stereocenters. The van der Waals surface area contributed by atoms with Crippen LogP contribution in [-0.2, 0) is 4.79 Å². The molecule has 14 heteroatoms. The fraction of sp³-hybridized carbons (Fsp3) is 0.441. The Balaban J connectivity index is 1.36. The van der Waals surface area contributed by atoms with Gasteiger partial charge in [0.2, 0.25) is 5.91 Å². The zero-order valence-electron chi connectivity index (χ0n) is 26.7. The highest BCUT2D eigenvalue weighted by atomic mass is 35.5. The average Bonchev–Trinajstić information content (AvgIpc) is 3.84. The fourth-order valence-corrected chi connectivity index (χ4v) is 9.26. The minimum atomic E-state index is -0.914. The van der Waals surface area contributed by atoms with E-state index in [0.29, 0.717) is 59.3 Å². The Morgan fingerprint density at radius 1 is 1.38 bits per heavy atom. The molecule has 4 aromatic rings. The number of carbonyl (C=O) groups excluding carboxylic acids is 1. The van der Waals surface area contributed by atoms with Crippen LogP contribution in [0.15, 0.2) is 31.0 Å². The summed E-state index contributed by atoms with van der Waals surface area (Å²) in [6.07, 6.45) is 5.64. The lowest BCUT2D eigenvalue weighted by molar-refractivity contribution is -0.126. The van der Waals surface area contributed by atoms with Gasteiger partial charge in [-0.1, -0.05) is 25.1 Å². The molecule has 0 aliphatic carbocycles. The van der Waals surface area contributed by atoms with Gasteiger partial charge in [0.1, 0.15) is 41.0 Å². The van der Waals surface area contributed by atoms with Crippen molar-refractivity contribution in [2.24, 2.45) is 0 Å². The Bertz CT molecular complexity index is 2000. The molecule has 1 aromatic carbocycles. The number of likely N-dealkylation sites (N-methyl/N-ethyl adjacent to an activating group) is 1. The van der Waals surface area contributed by atoms with E-state index in [1.54, 1.807) is 6.20 Å². The number of aromatic nitrogens is 3. The van der Waals surface area contributed by atoms with Gasteiger partial charge >= 0.3 is 6.01 Å². The molecule has 1 amide bonds. The van der Waals surface area contributed by atoms with Gasteiger partial charge in [-0.3, -0.25) is 14.7 Å². The Morgan fingerprint density at radius 3 is 2.94 bits per heavy atom. The number of hydrogen-bond donors (Lipinski definition) is 1. The van der Waals surface area contributed by atoms with Crippen molar-refractivity contribution >= 4 is 60.7 Å². The molecule has 0 spiro atoms. The molecular formula is C34H35ClF2N8O2S. The normalized spacial score (nSPS) is 23.9. The molecule has 6 heterocycles. The number of ether oxygens (including phenoxy) is 1. The lowest BCUT2D eigenvalue weighted by atomic mass is 9.95. The fourth-order valence-electron chi connectivity index (χ4n) is 8.02. The summed E-state index contributed by atoms with van der Waals surface area (Å²) < 4.78 is 36.0. The number of pyridine rings is 1. The van der Waals surface area contributed by atoms with Gasteiger partial charge < -0.3 is 20.3 Å². The molecule has 250 valence electrons. The van der Waals surface area contributed by atoms with Gasteiger partial charge in [0.15, 0.2) is 0 Å². The molecule has 4 atom stereocenters. The largest absolute Gasteiger partial charge is 0.461 e. The highest BCUT2D eigenvalue weighted by Crippen LogP contribution is 2.45. The molecule has 3 aliphatic rings. The Hall–Kier alpha value is -4.12. The number of likely N-dealkylation sites (tertiary alicyclic amines) is 1. The van der Waals surface area contributed by atoms with Crippen molar-refractivity contribution in [3.05, 3.63) is 47.4 Å². The molecule has 2 N–H and O–H groups in total. The highest BCUT2D eigenvalue weighted by molar-refractivity contribution is 7.23. The van der Waals surface area contributed by atoms with Gasteiger partial charge in [-0.05, 0) is 50.4 Å². The predicted octanol–water partition coefficient (Wildman–Crippen LogP) is 6.11. The number of nitriles is 1. The van der Waals surface area contributed by atoms with E-state index in [1.807, 2.05) is 23.8 Å². The number of fused-ring (bicyclic) bond motifs is 3. The summed E-state index contributed by atoms with van der Waals surface area (Å²) in [6.45, 7) is 7.72. The van der Waals surface area contributed by atoms with Gasteiger partial charge in [0.05, 0.1) is 44.0 Å². The summed E-state index contributed by atoms with van der Waals surface area (Å²) in [5, 5.41) is 11.1. The molecule has 0 bridgehead atoms. The Morgan fingerprint density at radius 2 is 2.19 bits per heavy atom. The second-order valence-electron chi connectivity index (χ2n) is 12.8. The topological polar surface area (TPSA) is 125 Å². The number of benzene rings is 1. The monoisotopic (exact) mass is 692 g/mol. The number of anilines is 2. The summed E-state index contributed by atoms with van der Waals surface area (Å²) in [4.78, 5) is 33.1. The van der Waals surface area contributed by atoms with Crippen molar-refractivity contribution in [1.29, 1.82) is 5.26 Å². The van der Waals surface area contributed by atoms with E-state index in [9.17, 15) is 18.8 Å². The zero-order chi connectivity index (χ0) is 33.9. The average molecular weight is 693 g/mol. The number of carbonyl (C=O) groups is 1. The molecule has 3 saturated heterocycles. The van der Waals surface area contributed by atoms with Crippen molar-refractivity contribution in [2.45, 2.75) is 62.8 Å². The zero-order valence-corrected chi connectivity index (χ0v) is 28.3. The maximum atomic E-state index is 14.9. The van der Waals surface area contributed by atoms with E-state index >= 15 is 0 Å². The quantitative estimate of drug-likeness (QED) is 0.218. The van der Waals surface area contributed by atoms with Crippen LogP contribution in [0, 0.1) is 17.1 Å². The van der Waals surface area contributed by atoms with E-state index in [-0.39, 0.29) is 50.9 Å². The van der Waals surface area contributed by atoms with Gasteiger partial charge in [-0.25, -0.2) is 8.78 Å². The maximum Gasteiger partial charge on any atom is 0.319 e. The minimum Gasteiger partial charge on any atom is -0.461 e. The smallest absolute Gasteiger partial charge is 0.319 e. The van der Waals surface area contributed by atoms with Crippen LogP contribution in [0.2, 0.25) is 5.02 Å². The summed E-state index contributed by atoms with van der Waals surface area (Å²) in [7, 11) is 1.92. The first-order valence-electron chi connectivity index (χ1n) is 16.1. The number of hydrogen-bond acceptors (Lipinski definition) is 10. The van der Waals surface area contributed by atoms with Crippen LogP contribution in [-0.4, -0.2) is 87.7 Å². The summed E-state index contributed by atoms with van der Waals surface area (Å²) >= 11 is 8.14. The van der Waals surface area contributed by atoms with Crippen molar-refractivity contribution < 1.29 is 18.3 Å². The minimum absolute atomic E-state index is 0.0822. The first kappa shape index (κ1) is 32.4. The van der Waals surface area contributed by atoms with E-state index in [2.05, 4.69) is 17.5 Å². The summed E-state index contributed by atoms with van der Waals surface area (Å²) in [6, 6.07) is 4.84. The van der Waals surface area contributed by atoms with Gasteiger partial charge in [-0.2, -0.15) is 15.2 Å². The van der Waals surface area contributed by atoms with Crippen molar-refractivity contribution in [2.75, 3.05) is 43.9 Å².